The van der Waals surface area contributed by atoms with Crippen molar-refractivity contribution in [3.05, 3.63) is 23.8 Å². The molecule has 5 heterocycles. The summed E-state index contributed by atoms with van der Waals surface area (Å²) < 4.78 is 11.3. The number of carbonyl (C=O) groups excluding carboxylic acids is 1. The quantitative estimate of drug-likeness (QED) is 0.905. The Morgan fingerprint density at radius 2 is 1.96 bits per heavy atom. The lowest BCUT2D eigenvalue weighted by Gasteiger charge is -2.45. The molecular weight excluding hydrogens is 332 g/mol. The molecule has 0 radical (unpaired) electrons. The van der Waals surface area contributed by atoms with Gasteiger partial charge in [0.25, 0.3) is 11.9 Å². The molecule has 2 bridgehead atoms. The van der Waals surface area contributed by atoms with Gasteiger partial charge >= 0.3 is 0 Å². The Balaban J connectivity index is 1.39. The van der Waals surface area contributed by atoms with Gasteiger partial charge in [-0.2, -0.15) is 4.98 Å². The summed E-state index contributed by atoms with van der Waals surface area (Å²) in [6.45, 7) is 5.03. The van der Waals surface area contributed by atoms with Crippen molar-refractivity contribution < 1.29 is 13.9 Å². The number of oxazole rings is 1. The zero-order valence-corrected chi connectivity index (χ0v) is 14.8. The van der Waals surface area contributed by atoms with Crippen molar-refractivity contribution in [2.75, 3.05) is 44.3 Å². The van der Waals surface area contributed by atoms with Gasteiger partial charge in [-0.05, 0) is 37.3 Å². The molecule has 2 aromatic rings. The van der Waals surface area contributed by atoms with Gasteiger partial charge in [-0.3, -0.25) is 9.69 Å². The molecule has 4 fully saturated rings. The third-order valence-electron chi connectivity index (χ3n) is 5.88. The van der Waals surface area contributed by atoms with E-state index in [1.165, 1.54) is 12.8 Å². The molecule has 1 aromatic heterocycles. The van der Waals surface area contributed by atoms with Crippen molar-refractivity contribution >= 4 is 23.0 Å². The molecule has 1 aromatic carbocycles. The first-order valence-electron chi connectivity index (χ1n) is 9.55. The van der Waals surface area contributed by atoms with Crippen LogP contribution in [0.15, 0.2) is 22.6 Å². The van der Waals surface area contributed by atoms with Crippen LogP contribution in [0.4, 0.5) is 6.01 Å². The Bertz CT molecular complexity index is 806. The van der Waals surface area contributed by atoms with Gasteiger partial charge in [0.05, 0.1) is 24.9 Å². The molecular formula is C19H24N4O3. The number of piperidine rings is 3. The molecule has 0 spiro atoms. The van der Waals surface area contributed by atoms with Crippen molar-refractivity contribution in [3.8, 4) is 0 Å². The van der Waals surface area contributed by atoms with E-state index in [4.69, 9.17) is 9.15 Å². The highest BCUT2D eigenvalue weighted by molar-refractivity contribution is 6.04. The Labute approximate surface area is 152 Å². The Hall–Kier alpha value is -2.12. The highest BCUT2D eigenvalue weighted by Gasteiger charge is 2.34. The van der Waals surface area contributed by atoms with Gasteiger partial charge in [-0.25, -0.2) is 0 Å². The molecule has 4 aliphatic heterocycles. The summed E-state index contributed by atoms with van der Waals surface area (Å²) in [5, 5.41) is 3.22. The first-order valence-corrected chi connectivity index (χ1v) is 9.55. The zero-order valence-electron chi connectivity index (χ0n) is 14.8. The van der Waals surface area contributed by atoms with E-state index >= 15 is 0 Å². The van der Waals surface area contributed by atoms with Crippen LogP contribution in [0.25, 0.3) is 11.1 Å². The minimum absolute atomic E-state index is 0.0602. The lowest BCUT2D eigenvalue weighted by atomic mass is 9.86. The number of carbonyl (C=O) groups is 1. The number of rotatable bonds is 3. The summed E-state index contributed by atoms with van der Waals surface area (Å²) in [5.74, 6) is 0.691. The average molecular weight is 356 g/mol. The van der Waals surface area contributed by atoms with Gasteiger partial charge in [0.2, 0.25) is 0 Å². The molecule has 4 aliphatic rings. The summed E-state index contributed by atoms with van der Waals surface area (Å²) in [6, 6.07) is 6.14. The Morgan fingerprint density at radius 3 is 2.69 bits per heavy atom. The monoisotopic (exact) mass is 356 g/mol. The molecule has 1 amide bonds. The molecule has 4 saturated heterocycles. The molecule has 0 aliphatic carbocycles. The molecule has 26 heavy (non-hydrogen) atoms. The lowest BCUT2D eigenvalue weighted by Crippen LogP contribution is -2.56. The molecule has 138 valence electrons. The number of aromatic nitrogens is 1. The summed E-state index contributed by atoms with van der Waals surface area (Å²) in [7, 11) is 0. The number of benzene rings is 1. The number of hydrogen-bond acceptors (Lipinski definition) is 6. The van der Waals surface area contributed by atoms with E-state index in [1.54, 1.807) is 0 Å². The highest BCUT2D eigenvalue weighted by atomic mass is 16.5. The second-order valence-electron chi connectivity index (χ2n) is 7.45. The van der Waals surface area contributed by atoms with Crippen molar-refractivity contribution in [2.24, 2.45) is 5.92 Å². The Kier molecular flexibility index (Phi) is 4.05. The fourth-order valence-corrected chi connectivity index (χ4v) is 4.35. The van der Waals surface area contributed by atoms with Crippen LogP contribution in [0, 0.1) is 5.92 Å². The number of fused-ring (bicyclic) bond motifs is 4. The van der Waals surface area contributed by atoms with Crippen molar-refractivity contribution in [3.63, 3.8) is 0 Å². The largest absolute Gasteiger partial charge is 0.423 e. The van der Waals surface area contributed by atoms with Gasteiger partial charge in [-0.15, -0.1) is 0 Å². The van der Waals surface area contributed by atoms with Crippen LogP contribution in [0.3, 0.4) is 0 Å². The van der Waals surface area contributed by atoms with Crippen LogP contribution >= 0.6 is 0 Å². The van der Waals surface area contributed by atoms with E-state index < -0.39 is 0 Å². The third kappa shape index (κ3) is 2.85. The zero-order chi connectivity index (χ0) is 17.5. The minimum atomic E-state index is -0.0602. The van der Waals surface area contributed by atoms with Gasteiger partial charge in [0, 0.05) is 26.2 Å². The summed E-state index contributed by atoms with van der Waals surface area (Å²) in [6.07, 6.45) is 3.72. The van der Waals surface area contributed by atoms with Gasteiger partial charge < -0.3 is 19.4 Å². The second kappa shape index (κ2) is 6.55. The fraction of sp³-hybridized carbons (Fsp3) is 0.579. The van der Waals surface area contributed by atoms with Crippen LogP contribution in [0.1, 0.15) is 29.6 Å². The summed E-state index contributed by atoms with van der Waals surface area (Å²) >= 11 is 0. The van der Waals surface area contributed by atoms with Gasteiger partial charge in [0.1, 0.15) is 5.52 Å². The number of amides is 1. The van der Waals surface area contributed by atoms with Gasteiger partial charge in [0.15, 0.2) is 5.58 Å². The smallest absolute Gasteiger partial charge is 0.298 e. The summed E-state index contributed by atoms with van der Waals surface area (Å²) in [4.78, 5) is 22.0. The standard InChI is InChI=1S/C19H24N4O3/c24-18(20-16-12-13-4-6-22(16)7-5-13)14-2-1-3-15-17(14)21-19(26-15)23-8-10-25-11-9-23/h1-3,13,16H,4-12H2,(H,20,24)/t16-/m0/s1. The first kappa shape index (κ1) is 16.1. The second-order valence-corrected chi connectivity index (χ2v) is 7.45. The number of para-hydroxylation sites is 1. The molecule has 0 unspecified atom stereocenters. The van der Waals surface area contributed by atoms with Gasteiger partial charge in [-0.1, -0.05) is 6.07 Å². The molecule has 7 heteroatoms. The summed E-state index contributed by atoms with van der Waals surface area (Å²) in [5.41, 5.74) is 1.89. The Morgan fingerprint density at radius 1 is 1.15 bits per heavy atom. The number of ether oxygens (including phenoxy) is 1. The van der Waals surface area contributed by atoms with Crippen molar-refractivity contribution in [1.82, 2.24) is 15.2 Å². The predicted octanol–water partition coefficient (Wildman–Crippen LogP) is 1.84. The first-order chi connectivity index (χ1) is 12.8. The lowest BCUT2D eigenvalue weighted by molar-refractivity contribution is 0.0295. The average Bonchev–Trinajstić information content (AvgIpc) is 3.14. The van der Waals surface area contributed by atoms with Crippen LogP contribution < -0.4 is 10.2 Å². The number of anilines is 1. The maximum Gasteiger partial charge on any atom is 0.298 e. The van der Waals surface area contributed by atoms with E-state index in [0.29, 0.717) is 35.9 Å². The van der Waals surface area contributed by atoms with E-state index in [1.807, 2.05) is 18.2 Å². The highest BCUT2D eigenvalue weighted by Crippen LogP contribution is 2.31. The number of nitrogens with one attached hydrogen (secondary N) is 1. The maximum absolute atomic E-state index is 12.9. The number of hydrogen-bond donors (Lipinski definition) is 1. The molecule has 1 atom stereocenters. The maximum atomic E-state index is 12.9. The predicted molar refractivity (Wildman–Crippen MR) is 97.2 cm³/mol. The van der Waals surface area contributed by atoms with Crippen LogP contribution in [0.2, 0.25) is 0 Å². The van der Waals surface area contributed by atoms with E-state index in [0.717, 1.165) is 38.5 Å². The SMILES string of the molecule is O=C(N[C@@H]1CC2CCN1CC2)c1cccc2oc(N3CCOCC3)nc12. The van der Waals surface area contributed by atoms with Crippen molar-refractivity contribution in [1.29, 1.82) is 0 Å². The normalized spacial score (nSPS) is 28.5. The third-order valence-corrected chi connectivity index (χ3v) is 5.88. The number of nitrogens with zero attached hydrogens (tertiary/aromatic N) is 3. The van der Waals surface area contributed by atoms with E-state index in [-0.39, 0.29) is 12.1 Å². The number of morpholine rings is 1. The van der Waals surface area contributed by atoms with E-state index in [9.17, 15) is 4.79 Å². The van der Waals surface area contributed by atoms with E-state index in [2.05, 4.69) is 20.1 Å². The van der Waals surface area contributed by atoms with Crippen LogP contribution in [0.5, 0.6) is 0 Å². The molecule has 0 saturated carbocycles. The minimum Gasteiger partial charge on any atom is -0.423 e. The molecule has 1 N–H and O–H groups in total. The fourth-order valence-electron chi connectivity index (χ4n) is 4.35. The molecule has 7 nitrogen and oxygen atoms in total. The van der Waals surface area contributed by atoms with Crippen LogP contribution in [-0.2, 0) is 4.74 Å². The van der Waals surface area contributed by atoms with Crippen molar-refractivity contribution in [2.45, 2.75) is 25.4 Å². The van der Waals surface area contributed by atoms with Crippen LogP contribution in [-0.4, -0.2) is 61.3 Å². The topological polar surface area (TPSA) is 70.8 Å². The molecule has 6 rings (SSSR count).